The van der Waals surface area contributed by atoms with E-state index < -0.39 is 10.0 Å². The van der Waals surface area contributed by atoms with E-state index in [0.29, 0.717) is 17.5 Å². The molecule has 1 saturated heterocycles. The molecule has 1 fully saturated rings. The molecule has 1 unspecified atom stereocenters. The zero-order valence-corrected chi connectivity index (χ0v) is 13.6. The molecule has 1 aliphatic rings. The van der Waals surface area contributed by atoms with Gasteiger partial charge in [0.15, 0.2) is 0 Å². The van der Waals surface area contributed by atoms with Crippen LogP contribution in [-0.4, -0.2) is 39.5 Å². The molecule has 0 bridgehead atoms. The first-order chi connectivity index (χ1) is 8.90. The van der Waals surface area contributed by atoms with Crippen LogP contribution in [0.1, 0.15) is 18.4 Å². The number of rotatable bonds is 4. The van der Waals surface area contributed by atoms with Crippen molar-refractivity contribution in [2.75, 3.05) is 20.1 Å². The summed E-state index contributed by atoms with van der Waals surface area (Å²) in [6.07, 6.45) is 2.19. The summed E-state index contributed by atoms with van der Waals surface area (Å²) in [7, 11) is -1.39. The van der Waals surface area contributed by atoms with E-state index in [-0.39, 0.29) is 0 Å². The summed E-state index contributed by atoms with van der Waals surface area (Å²) in [5.74, 6) is 0. The molecule has 0 aromatic heterocycles. The lowest BCUT2D eigenvalue weighted by Crippen LogP contribution is -2.38. The van der Waals surface area contributed by atoms with Crippen LogP contribution >= 0.6 is 15.9 Å². The summed E-state index contributed by atoms with van der Waals surface area (Å²) in [5, 5.41) is 0. The van der Waals surface area contributed by atoms with Crippen molar-refractivity contribution in [2.24, 2.45) is 0 Å². The molecule has 0 amide bonds. The van der Waals surface area contributed by atoms with Gasteiger partial charge >= 0.3 is 0 Å². The van der Waals surface area contributed by atoms with Crippen LogP contribution in [0.4, 0.5) is 0 Å². The number of likely N-dealkylation sites (N-methyl/N-ethyl adjacent to an activating group) is 1. The highest BCUT2D eigenvalue weighted by Gasteiger charge is 2.24. The van der Waals surface area contributed by atoms with Gasteiger partial charge in [0.05, 0.1) is 4.90 Å². The maximum absolute atomic E-state index is 12.3. The van der Waals surface area contributed by atoms with Gasteiger partial charge in [0.25, 0.3) is 0 Å². The molecule has 2 rings (SSSR count). The summed E-state index contributed by atoms with van der Waals surface area (Å²) in [5.41, 5.74) is 0.760. The second kappa shape index (κ2) is 5.91. The van der Waals surface area contributed by atoms with E-state index in [0.717, 1.165) is 29.4 Å². The van der Waals surface area contributed by atoms with Crippen molar-refractivity contribution < 1.29 is 8.42 Å². The zero-order chi connectivity index (χ0) is 14.0. The van der Waals surface area contributed by atoms with Crippen LogP contribution in [0.3, 0.4) is 0 Å². The summed E-state index contributed by atoms with van der Waals surface area (Å²) in [6.45, 7) is 3.33. The van der Waals surface area contributed by atoms with Crippen molar-refractivity contribution >= 4 is 26.0 Å². The molecule has 1 aromatic rings. The zero-order valence-electron chi connectivity index (χ0n) is 11.2. The number of halogens is 1. The summed E-state index contributed by atoms with van der Waals surface area (Å²) < 4.78 is 28.1. The van der Waals surface area contributed by atoms with E-state index in [2.05, 4.69) is 25.6 Å². The van der Waals surface area contributed by atoms with Crippen LogP contribution in [0.25, 0.3) is 0 Å². The number of aryl methyl sites for hydroxylation is 1. The van der Waals surface area contributed by atoms with Crippen LogP contribution in [0.5, 0.6) is 0 Å². The minimum absolute atomic E-state index is 0.308. The van der Waals surface area contributed by atoms with Gasteiger partial charge in [-0.2, -0.15) is 0 Å². The van der Waals surface area contributed by atoms with Gasteiger partial charge in [0.2, 0.25) is 10.0 Å². The molecule has 0 saturated carbocycles. The molecular weight excluding hydrogens is 328 g/mol. The van der Waals surface area contributed by atoms with Gasteiger partial charge < -0.3 is 4.90 Å². The van der Waals surface area contributed by atoms with Crippen molar-refractivity contribution in [3.63, 3.8) is 0 Å². The largest absolute Gasteiger partial charge is 0.302 e. The van der Waals surface area contributed by atoms with E-state index in [1.807, 2.05) is 20.0 Å². The van der Waals surface area contributed by atoms with E-state index in [9.17, 15) is 8.42 Å². The van der Waals surface area contributed by atoms with Crippen LogP contribution < -0.4 is 4.72 Å². The SMILES string of the molecule is Cc1ccc(Br)cc1S(=O)(=O)NCC1CCCN1C. The molecule has 106 valence electrons. The van der Waals surface area contributed by atoms with Gasteiger partial charge in [-0.05, 0) is 51.1 Å². The molecule has 1 aromatic carbocycles. The average Bonchev–Trinajstić information content (AvgIpc) is 2.75. The van der Waals surface area contributed by atoms with E-state index in [1.54, 1.807) is 12.1 Å². The number of likely N-dealkylation sites (tertiary alicyclic amines) is 1. The highest BCUT2D eigenvalue weighted by molar-refractivity contribution is 9.10. The Hall–Kier alpha value is -0.430. The smallest absolute Gasteiger partial charge is 0.240 e. The van der Waals surface area contributed by atoms with Crippen LogP contribution in [0.15, 0.2) is 27.6 Å². The van der Waals surface area contributed by atoms with E-state index >= 15 is 0 Å². The maximum atomic E-state index is 12.3. The van der Waals surface area contributed by atoms with Gasteiger partial charge in [-0.1, -0.05) is 22.0 Å². The molecule has 0 radical (unpaired) electrons. The third-order valence-corrected chi connectivity index (χ3v) is 5.68. The molecule has 1 aliphatic heterocycles. The van der Waals surface area contributed by atoms with Crippen molar-refractivity contribution in [1.82, 2.24) is 9.62 Å². The van der Waals surface area contributed by atoms with Crippen molar-refractivity contribution in [1.29, 1.82) is 0 Å². The Kier molecular flexibility index (Phi) is 4.66. The fourth-order valence-electron chi connectivity index (χ4n) is 2.38. The van der Waals surface area contributed by atoms with Crippen LogP contribution in [0.2, 0.25) is 0 Å². The van der Waals surface area contributed by atoms with Crippen LogP contribution in [-0.2, 0) is 10.0 Å². The Labute approximate surface area is 123 Å². The lowest BCUT2D eigenvalue weighted by molar-refractivity contribution is 0.311. The monoisotopic (exact) mass is 346 g/mol. The van der Waals surface area contributed by atoms with Gasteiger partial charge in [-0.3, -0.25) is 0 Å². The number of hydrogen-bond acceptors (Lipinski definition) is 3. The Balaban J connectivity index is 2.12. The van der Waals surface area contributed by atoms with Gasteiger partial charge in [-0.25, -0.2) is 13.1 Å². The van der Waals surface area contributed by atoms with E-state index in [4.69, 9.17) is 0 Å². The Morgan fingerprint density at radius 3 is 2.84 bits per heavy atom. The maximum Gasteiger partial charge on any atom is 0.240 e. The average molecular weight is 347 g/mol. The second-order valence-electron chi connectivity index (χ2n) is 5.04. The first kappa shape index (κ1) is 15.0. The molecule has 6 heteroatoms. The van der Waals surface area contributed by atoms with Gasteiger partial charge in [0.1, 0.15) is 0 Å². The lowest BCUT2D eigenvalue weighted by atomic mass is 10.2. The fourth-order valence-corrected chi connectivity index (χ4v) is 4.24. The predicted molar refractivity (Wildman–Crippen MR) is 79.7 cm³/mol. The minimum atomic E-state index is -3.43. The number of sulfonamides is 1. The second-order valence-corrected chi connectivity index (χ2v) is 7.69. The Morgan fingerprint density at radius 1 is 1.47 bits per heavy atom. The summed E-state index contributed by atoms with van der Waals surface area (Å²) in [4.78, 5) is 2.55. The normalized spacial score (nSPS) is 20.9. The minimum Gasteiger partial charge on any atom is -0.302 e. The van der Waals surface area contributed by atoms with Gasteiger partial charge in [-0.15, -0.1) is 0 Å². The van der Waals surface area contributed by atoms with Crippen molar-refractivity contribution in [3.8, 4) is 0 Å². The summed E-state index contributed by atoms with van der Waals surface area (Å²) in [6, 6.07) is 5.61. The quantitative estimate of drug-likeness (QED) is 0.908. The predicted octanol–water partition coefficient (Wildman–Crippen LogP) is 2.13. The van der Waals surface area contributed by atoms with Gasteiger partial charge in [0, 0.05) is 17.1 Å². The third kappa shape index (κ3) is 3.56. The molecule has 1 N–H and O–H groups in total. The molecule has 19 heavy (non-hydrogen) atoms. The molecule has 0 aliphatic carbocycles. The lowest BCUT2D eigenvalue weighted by Gasteiger charge is -2.20. The standard InChI is InChI=1S/C13H19BrN2O2S/c1-10-5-6-11(14)8-13(10)19(17,18)15-9-12-4-3-7-16(12)2/h5-6,8,12,15H,3-4,7,9H2,1-2H3. The number of benzene rings is 1. The van der Waals surface area contributed by atoms with Crippen LogP contribution in [0, 0.1) is 6.92 Å². The molecule has 0 spiro atoms. The molecular formula is C13H19BrN2O2S. The fraction of sp³-hybridized carbons (Fsp3) is 0.538. The summed E-state index contributed by atoms with van der Waals surface area (Å²) >= 11 is 3.32. The number of nitrogens with zero attached hydrogens (tertiary/aromatic N) is 1. The first-order valence-corrected chi connectivity index (χ1v) is 8.64. The molecule has 1 heterocycles. The molecule has 4 nitrogen and oxygen atoms in total. The third-order valence-electron chi connectivity index (χ3n) is 3.62. The molecule has 1 atom stereocenters. The Bertz CT molecular complexity index is 560. The highest BCUT2D eigenvalue weighted by atomic mass is 79.9. The highest BCUT2D eigenvalue weighted by Crippen LogP contribution is 2.21. The topological polar surface area (TPSA) is 49.4 Å². The van der Waals surface area contributed by atoms with Crippen molar-refractivity contribution in [3.05, 3.63) is 28.2 Å². The number of hydrogen-bond donors (Lipinski definition) is 1. The first-order valence-electron chi connectivity index (χ1n) is 6.36. The van der Waals surface area contributed by atoms with Crippen molar-refractivity contribution in [2.45, 2.75) is 30.7 Å². The van der Waals surface area contributed by atoms with E-state index in [1.165, 1.54) is 0 Å². The number of nitrogens with one attached hydrogen (secondary N) is 1. The Morgan fingerprint density at radius 2 is 2.21 bits per heavy atom.